The third kappa shape index (κ3) is 3.92. The minimum absolute atomic E-state index is 0.307. The van der Waals surface area contributed by atoms with Gasteiger partial charge in [-0.2, -0.15) is 0 Å². The summed E-state index contributed by atoms with van der Waals surface area (Å²) >= 11 is 5.22. The number of anilines is 2. The number of benzene rings is 2. The molecular weight excluding hydrogens is 287 g/mol. The van der Waals surface area contributed by atoms with Crippen molar-refractivity contribution in [1.29, 1.82) is 0 Å². The van der Waals surface area contributed by atoms with Crippen LogP contribution in [0.3, 0.4) is 0 Å². The van der Waals surface area contributed by atoms with Crippen LogP contribution in [0.5, 0.6) is 5.75 Å². The first kappa shape index (κ1) is 15.3. The van der Waals surface area contributed by atoms with Crippen LogP contribution in [0, 0.1) is 19.7 Å². The van der Waals surface area contributed by atoms with E-state index in [-0.39, 0.29) is 5.82 Å². The molecule has 0 aliphatic rings. The zero-order valence-corrected chi connectivity index (χ0v) is 13.0. The van der Waals surface area contributed by atoms with Crippen molar-refractivity contribution >= 4 is 28.7 Å². The summed E-state index contributed by atoms with van der Waals surface area (Å²) in [6.45, 7) is 3.81. The van der Waals surface area contributed by atoms with Gasteiger partial charge in [-0.1, -0.05) is 12.1 Å². The average molecular weight is 304 g/mol. The van der Waals surface area contributed by atoms with Crippen LogP contribution in [0.25, 0.3) is 0 Å². The molecule has 0 atom stereocenters. The molecule has 3 nitrogen and oxygen atoms in total. The fourth-order valence-corrected chi connectivity index (χ4v) is 2.14. The molecule has 0 bridgehead atoms. The standard InChI is InChI=1S/C16H17FN2OS/c1-10-4-6-13(12(17)8-10)18-16(21)19-14-9-11(2)5-7-15(14)20-3/h4-9H,1-3H3,(H2,18,19,21). The number of aryl methyl sites for hydroxylation is 2. The monoisotopic (exact) mass is 304 g/mol. The van der Waals surface area contributed by atoms with Crippen LogP contribution in [-0.2, 0) is 0 Å². The minimum atomic E-state index is -0.338. The highest BCUT2D eigenvalue weighted by Crippen LogP contribution is 2.25. The highest BCUT2D eigenvalue weighted by atomic mass is 32.1. The second-order valence-electron chi connectivity index (χ2n) is 4.77. The van der Waals surface area contributed by atoms with Crippen LogP contribution < -0.4 is 15.4 Å². The van der Waals surface area contributed by atoms with Gasteiger partial charge in [0.1, 0.15) is 11.6 Å². The zero-order valence-electron chi connectivity index (χ0n) is 12.2. The molecule has 0 amide bonds. The molecule has 0 aliphatic heterocycles. The number of methoxy groups -OCH3 is 1. The molecule has 2 aromatic rings. The van der Waals surface area contributed by atoms with E-state index in [1.54, 1.807) is 13.2 Å². The Bertz CT molecular complexity index is 673. The minimum Gasteiger partial charge on any atom is -0.495 e. The number of thiocarbonyl (C=S) groups is 1. The van der Waals surface area contributed by atoms with Crippen molar-refractivity contribution in [1.82, 2.24) is 0 Å². The van der Waals surface area contributed by atoms with E-state index in [2.05, 4.69) is 10.6 Å². The van der Waals surface area contributed by atoms with E-state index in [1.807, 2.05) is 38.1 Å². The Kier molecular flexibility index (Phi) is 4.75. The van der Waals surface area contributed by atoms with Gasteiger partial charge in [0.15, 0.2) is 5.11 Å². The summed E-state index contributed by atoms with van der Waals surface area (Å²) < 4.78 is 19.1. The van der Waals surface area contributed by atoms with Gasteiger partial charge in [0.25, 0.3) is 0 Å². The predicted octanol–water partition coefficient (Wildman–Crippen LogP) is 4.26. The van der Waals surface area contributed by atoms with Gasteiger partial charge in [0, 0.05) is 0 Å². The molecule has 0 aliphatic carbocycles. The van der Waals surface area contributed by atoms with E-state index in [0.717, 1.165) is 16.8 Å². The smallest absolute Gasteiger partial charge is 0.175 e. The molecule has 21 heavy (non-hydrogen) atoms. The van der Waals surface area contributed by atoms with Crippen molar-refractivity contribution in [3.63, 3.8) is 0 Å². The number of nitrogens with one attached hydrogen (secondary N) is 2. The highest BCUT2D eigenvalue weighted by molar-refractivity contribution is 7.80. The van der Waals surface area contributed by atoms with Crippen LogP contribution >= 0.6 is 12.2 Å². The molecule has 2 rings (SSSR count). The normalized spacial score (nSPS) is 10.1. The van der Waals surface area contributed by atoms with E-state index in [0.29, 0.717) is 16.5 Å². The van der Waals surface area contributed by atoms with Gasteiger partial charge < -0.3 is 15.4 Å². The van der Waals surface area contributed by atoms with Crippen molar-refractivity contribution in [2.45, 2.75) is 13.8 Å². The lowest BCUT2D eigenvalue weighted by atomic mass is 10.2. The van der Waals surface area contributed by atoms with Crippen LogP contribution in [0.2, 0.25) is 0 Å². The Hall–Kier alpha value is -2.14. The number of rotatable bonds is 3. The van der Waals surface area contributed by atoms with Crippen LogP contribution in [0.1, 0.15) is 11.1 Å². The number of ether oxygens (including phenoxy) is 1. The lowest BCUT2D eigenvalue weighted by Crippen LogP contribution is -2.20. The Morgan fingerprint density at radius 3 is 2.29 bits per heavy atom. The summed E-state index contributed by atoms with van der Waals surface area (Å²) in [5, 5.41) is 6.17. The van der Waals surface area contributed by atoms with Crippen molar-refractivity contribution in [2.75, 3.05) is 17.7 Å². The fraction of sp³-hybridized carbons (Fsp3) is 0.188. The summed E-state index contributed by atoms with van der Waals surface area (Å²) in [7, 11) is 1.59. The topological polar surface area (TPSA) is 33.3 Å². The second-order valence-corrected chi connectivity index (χ2v) is 5.17. The molecule has 2 aromatic carbocycles. The summed E-state index contributed by atoms with van der Waals surface area (Å²) in [5.74, 6) is 0.337. The first-order chi connectivity index (χ1) is 9.99. The van der Waals surface area contributed by atoms with Gasteiger partial charge in [0.05, 0.1) is 18.5 Å². The Morgan fingerprint density at radius 2 is 1.62 bits per heavy atom. The third-order valence-electron chi connectivity index (χ3n) is 2.98. The van der Waals surface area contributed by atoms with E-state index in [4.69, 9.17) is 17.0 Å². The second kappa shape index (κ2) is 6.54. The highest BCUT2D eigenvalue weighted by Gasteiger charge is 2.08. The molecular formula is C16H17FN2OS. The average Bonchev–Trinajstić information content (AvgIpc) is 2.42. The SMILES string of the molecule is COc1ccc(C)cc1NC(=S)Nc1ccc(C)cc1F. The van der Waals surface area contributed by atoms with E-state index in [1.165, 1.54) is 6.07 Å². The maximum atomic E-state index is 13.8. The third-order valence-corrected chi connectivity index (χ3v) is 3.18. The molecule has 0 radical (unpaired) electrons. The van der Waals surface area contributed by atoms with Crippen LogP contribution in [0.15, 0.2) is 36.4 Å². The molecule has 0 saturated carbocycles. The maximum Gasteiger partial charge on any atom is 0.175 e. The molecule has 2 N–H and O–H groups in total. The molecule has 5 heteroatoms. The van der Waals surface area contributed by atoms with Gasteiger partial charge in [-0.3, -0.25) is 0 Å². The number of halogens is 1. The molecule has 0 aromatic heterocycles. The quantitative estimate of drug-likeness (QED) is 0.830. The van der Waals surface area contributed by atoms with Gasteiger partial charge in [-0.05, 0) is 61.5 Å². The largest absolute Gasteiger partial charge is 0.495 e. The zero-order chi connectivity index (χ0) is 15.4. The summed E-state index contributed by atoms with van der Waals surface area (Å²) in [6.07, 6.45) is 0. The first-order valence-electron chi connectivity index (χ1n) is 6.48. The van der Waals surface area contributed by atoms with Crippen LogP contribution in [0.4, 0.5) is 15.8 Å². The molecule has 0 saturated heterocycles. The summed E-state index contributed by atoms with van der Waals surface area (Å²) in [5.41, 5.74) is 3.01. The predicted molar refractivity (Wildman–Crippen MR) is 88.7 cm³/mol. The van der Waals surface area contributed by atoms with Crippen molar-refractivity contribution in [3.8, 4) is 5.75 Å². The van der Waals surface area contributed by atoms with Crippen molar-refractivity contribution < 1.29 is 9.13 Å². The van der Waals surface area contributed by atoms with Crippen LogP contribution in [-0.4, -0.2) is 12.2 Å². The molecule has 0 spiro atoms. The van der Waals surface area contributed by atoms with E-state index >= 15 is 0 Å². The Morgan fingerprint density at radius 1 is 1.00 bits per heavy atom. The van der Waals surface area contributed by atoms with Crippen molar-refractivity contribution in [3.05, 3.63) is 53.3 Å². The summed E-state index contributed by atoms with van der Waals surface area (Å²) in [6, 6.07) is 10.6. The lowest BCUT2D eigenvalue weighted by Gasteiger charge is -2.14. The van der Waals surface area contributed by atoms with E-state index in [9.17, 15) is 4.39 Å². The Balaban J connectivity index is 2.13. The number of hydrogen-bond acceptors (Lipinski definition) is 2. The van der Waals surface area contributed by atoms with Gasteiger partial charge in [-0.15, -0.1) is 0 Å². The molecule has 0 heterocycles. The molecule has 0 fully saturated rings. The first-order valence-corrected chi connectivity index (χ1v) is 6.89. The summed E-state index contributed by atoms with van der Waals surface area (Å²) in [4.78, 5) is 0. The number of hydrogen-bond donors (Lipinski definition) is 2. The Labute approximate surface area is 129 Å². The maximum absolute atomic E-state index is 13.8. The lowest BCUT2D eigenvalue weighted by molar-refractivity contribution is 0.417. The van der Waals surface area contributed by atoms with Gasteiger partial charge in [0.2, 0.25) is 0 Å². The van der Waals surface area contributed by atoms with Gasteiger partial charge in [-0.25, -0.2) is 4.39 Å². The molecule has 0 unspecified atom stereocenters. The molecule has 110 valence electrons. The van der Waals surface area contributed by atoms with Crippen molar-refractivity contribution in [2.24, 2.45) is 0 Å². The van der Waals surface area contributed by atoms with Gasteiger partial charge >= 0.3 is 0 Å². The van der Waals surface area contributed by atoms with E-state index < -0.39 is 0 Å². The fourth-order valence-electron chi connectivity index (χ4n) is 1.92.